The molecular formula is C11H18N2O2. The van der Waals surface area contributed by atoms with E-state index in [0.29, 0.717) is 0 Å². The van der Waals surface area contributed by atoms with E-state index in [0.717, 1.165) is 25.7 Å². The fraction of sp³-hybridized carbons (Fsp3) is 0.727. The highest BCUT2D eigenvalue weighted by Crippen LogP contribution is 2.37. The van der Waals surface area contributed by atoms with Gasteiger partial charge in [0.15, 0.2) is 0 Å². The molecule has 4 nitrogen and oxygen atoms in total. The highest BCUT2D eigenvalue weighted by Gasteiger charge is 2.42. The third-order valence-corrected chi connectivity index (χ3v) is 3.19. The Balaban J connectivity index is 1.79. The zero-order chi connectivity index (χ0) is 10.9. The average Bonchev–Trinajstić information content (AvgIpc) is 2.57. The Labute approximate surface area is 89.9 Å². The number of hydrogen-bond acceptors (Lipinski definition) is 3. The van der Waals surface area contributed by atoms with Crippen LogP contribution in [-0.4, -0.2) is 33.7 Å². The minimum absolute atomic E-state index is 0.254. The maximum atomic E-state index is 10.1. The van der Waals surface area contributed by atoms with Crippen molar-refractivity contribution in [3.8, 4) is 0 Å². The van der Waals surface area contributed by atoms with Crippen molar-refractivity contribution in [2.24, 2.45) is 7.05 Å². The summed E-state index contributed by atoms with van der Waals surface area (Å²) in [4.78, 5) is 0. The van der Waals surface area contributed by atoms with Crippen molar-refractivity contribution in [3.05, 3.63) is 18.0 Å². The standard InChI is InChI=1S/C11H18N2O2/c1-13-8-9(7-12-13)3-4-11(14)5-10(6-11)15-2/h7-8,10,14H,3-6H2,1-2H3. The Morgan fingerprint density at radius 2 is 2.40 bits per heavy atom. The van der Waals surface area contributed by atoms with Crippen LogP contribution in [0.4, 0.5) is 0 Å². The zero-order valence-electron chi connectivity index (χ0n) is 9.31. The maximum absolute atomic E-state index is 10.1. The molecule has 0 aliphatic heterocycles. The lowest BCUT2D eigenvalue weighted by molar-refractivity contribution is -0.130. The van der Waals surface area contributed by atoms with Crippen molar-refractivity contribution in [2.45, 2.75) is 37.4 Å². The number of methoxy groups -OCH3 is 1. The van der Waals surface area contributed by atoms with Crippen molar-refractivity contribution < 1.29 is 9.84 Å². The summed E-state index contributed by atoms with van der Waals surface area (Å²) in [7, 11) is 3.61. The van der Waals surface area contributed by atoms with E-state index < -0.39 is 5.60 Å². The van der Waals surface area contributed by atoms with Gasteiger partial charge in [0.1, 0.15) is 0 Å². The van der Waals surface area contributed by atoms with Crippen LogP contribution in [0, 0.1) is 0 Å². The molecule has 4 heteroatoms. The molecule has 0 bridgehead atoms. The van der Waals surface area contributed by atoms with Gasteiger partial charge in [0.25, 0.3) is 0 Å². The first-order valence-corrected chi connectivity index (χ1v) is 5.34. The molecule has 1 aromatic rings. The zero-order valence-corrected chi connectivity index (χ0v) is 9.31. The monoisotopic (exact) mass is 210 g/mol. The molecule has 1 aliphatic carbocycles. The molecule has 1 aromatic heterocycles. The normalized spacial score (nSPS) is 30.2. The summed E-state index contributed by atoms with van der Waals surface area (Å²) in [5.41, 5.74) is 0.683. The summed E-state index contributed by atoms with van der Waals surface area (Å²) in [5, 5.41) is 14.2. The summed E-state index contributed by atoms with van der Waals surface area (Å²) in [6.45, 7) is 0. The summed E-state index contributed by atoms with van der Waals surface area (Å²) >= 11 is 0. The molecule has 0 atom stereocenters. The summed E-state index contributed by atoms with van der Waals surface area (Å²) < 4.78 is 6.95. The molecule has 1 N–H and O–H groups in total. The first-order valence-electron chi connectivity index (χ1n) is 5.34. The van der Waals surface area contributed by atoms with Crippen LogP contribution in [0.25, 0.3) is 0 Å². The Morgan fingerprint density at radius 3 is 2.93 bits per heavy atom. The Hall–Kier alpha value is -0.870. The van der Waals surface area contributed by atoms with Gasteiger partial charge in [0.2, 0.25) is 0 Å². The Bertz CT molecular complexity index is 329. The first kappa shape index (κ1) is 10.6. The van der Waals surface area contributed by atoms with Crippen LogP contribution < -0.4 is 0 Å². The molecule has 0 aromatic carbocycles. The molecule has 2 rings (SSSR count). The molecule has 1 aliphatic rings. The molecular weight excluding hydrogens is 192 g/mol. The topological polar surface area (TPSA) is 47.3 Å². The van der Waals surface area contributed by atoms with Gasteiger partial charge in [-0.05, 0) is 18.4 Å². The fourth-order valence-corrected chi connectivity index (χ4v) is 2.14. The van der Waals surface area contributed by atoms with Gasteiger partial charge in [-0.15, -0.1) is 0 Å². The lowest BCUT2D eigenvalue weighted by Crippen LogP contribution is -2.48. The molecule has 1 heterocycles. The molecule has 0 saturated heterocycles. The van der Waals surface area contributed by atoms with Crippen LogP contribution in [0.2, 0.25) is 0 Å². The minimum atomic E-state index is -0.503. The summed E-state index contributed by atoms with van der Waals surface area (Å²) in [6.07, 6.45) is 7.34. The van der Waals surface area contributed by atoms with Crippen molar-refractivity contribution in [2.75, 3.05) is 7.11 Å². The smallest absolute Gasteiger partial charge is 0.0700 e. The molecule has 15 heavy (non-hydrogen) atoms. The van der Waals surface area contributed by atoms with E-state index in [1.54, 1.807) is 11.8 Å². The van der Waals surface area contributed by atoms with Gasteiger partial charge in [-0.2, -0.15) is 5.10 Å². The number of aliphatic hydroxyl groups is 1. The molecule has 0 spiro atoms. The number of nitrogens with zero attached hydrogens (tertiary/aromatic N) is 2. The second-order valence-electron chi connectivity index (χ2n) is 4.51. The lowest BCUT2D eigenvalue weighted by Gasteiger charge is -2.42. The molecule has 0 radical (unpaired) electrons. The van der Waals surface area contributed by atoms with E-state index in [9.17, 15) is 5.11 Å². The fourth-order valence-electron chi connectivity index (χ4n) is 2.14. The highest BCUT2D eigenvalue weighted by atomic mass is 16.5. The van der Waals surface area contributed by atoms with Crippen LogP contribution in [0.1, 0.15) is 24.8 Å². The highest BCUT2D eigenvalue weighted by molar-refractivity contribution is 5.06. The van der Waals surface area contributed by atoms with Crippen molar-refractivity contribution in [1.29, 1.82) is 0 Å². The SMILES string of the molecule is COC1CC(O)(CCc2cnn(C)c2)C1. The maximum Gasteiger partial charge on any atom is 0.0700 e. The molecule has 1 saturated carbocycles. The van der Waals surface area contributed by atoms with Gasteiger partial charge in [0, 0.05) is 33.2 Å². The van der Waals surface area contributed by atoms with E-state index >= 15 is 0 Å². The van der Waals surface area contributed by atoms with E-state index in [1.165, 1.54) is 5.56 Å². The van der Waals surface area contributed by atoms with Crippen LogP contribution >= 0.6 is 0 Å². The second-order valence-corrected chi connectivity index (χ2v) is 4.51. The largest absolute Gasteiger partial charge is 0.390 e. The third kappa shape index (κ3) is 2.38. The first-order chi connectivity index (χ1) is 7.11. The van der Waals surface area contributed by atoms with Crippen LogP contribution in [0.3, 0.4) is 0 Å². The van der Waals surface area contributed by atoms with E-state index in [-0.39, 0.29) is 6.10 Å². The quantitative estimate of drug-likeness (QED) is 0.803. The second kappa shape index (κ2) is 3.94. The van der Waals surface area contributed by atoms with Crippen LogP contribution in [0.15, 0.2) is 12.4 Å². The van der Waals surface area contributed by atoms with Crippen molar-refractivity contribution in [3.63, 3.8) is 0 Å². The molecule has 1 fully saturated rings. The van der Waals surface area contributed by atoms with Gasteiger partial charge < -0.3 is 9.84 Å². The molecule has 84 valence electrons. The van der Waals surface area contributed by atoms with Gasteiger partial charge in [-0.25, -0.2) is 0 Å². The van der Waals surface area contributed by atoms with Crippen molar-refractivity contribution in [1.82, 2.24) is 9.78 Å². The van der Waals surface area contributed by atoms with Gasteiger partial charge >= 0.3 is 0 Å². The summed E-state index contributed by atoms with van der Waals surface area (Å²) in [5.74, 6) is 0. The predicted molar refractivity (Wildman–Crippen MR) is 56.5 cm³/mol. The average molecular weight is 210 g/mol. The van der Waals surface area contributed by atoms with E-state index in [1.807, 2.05) is 19.4 Å². The number of aryl methyl sites for hydroxylation is 2. The Morgan fingerprint density at radius 1 is 1.67 bits per heavy atom. The van der Waals surface area contributed by atoms with E-state index in [2.05, 4.69) is 5.10 Å². The molecule has 0 amide bonds. The van der Waals surface area contributed by atoms with Gasteiger partial charge in [-0.3, -0.25) is 4.68 Å². The Kier molecular flexibility index (Phi) is 2.80. The van der Waals surface area contributed by atoms with E-state index in [4.69, 9.17) is 4.74 Å². The number of rotatable bonds is 4. The minimum Gasteiger partial charge on any atom is -0.390 e. The third-order valence-electron chi connectivity index (χ3n) is 3.19. The van der Waals surface area contributed by atoms with Crippen LogP contribution in [0.5, 0.6) is 0 Å². The van der Waals surface area contributed by atoms with Gasteiger partial charge in [0.05, 0.1) is 17.9 Å². The van der Waals surface area contributed by atoms with Crippen LogP contribution in [-0.2, 0) is 18.2 Å². The number of aromatic nitrogens is 2. The summed E-state index contributed by atoms with van der Waals surface area (Å²) in [6, 6.07) is 0. The molecule has 0 unspecified atom stereocenters. The number of hydrogen-bond donors (Lipinski definition) is 1. The van der Waals surface area contributed by atoms with Gasteiger partial charge in [-0.1, -0.05) is 0 Å². The number of ether oxygens (including phenoxy) is 1. The predicted octanol–water partition coefficient (Wildman–Crippen LogP) is 0.893. The van der Waals surface area contributed by atoms with Crippen molar-refractivity contribution >= 4 is 0 Å². The lowest BCUT2D eigenvalue weighted by atomic mass is 9.74.